The maximum atomic E-state index is 12.6. The number of esters is 1. The molecule has 8 nitrogen and oxygen atoms in total. The summed E-state index contributed by atoms with van der Waals surface area (Å²) in [7, 11) is 1.45. The van der Waals surface area contributed by atoms with E-state index in [0.717, 1.165) is 31.1 Å². The fraction of sp³-hybridized carbons (Fsp3) is 0.318. The van der Waals surface area contributed by atoms with E-state index in [1.165, 1.54) is 19.2 Å². The van der Waals surface area contributed by atoms with Crippen LogP contribution in [0.25, 0.3) is 10.9 Å². The Morgan fingerprint density at radius 3 is 2.60 bits per heavy atom. The van der Waals surface area contributed by atoms with E-state index in [9.17, 15) is 14.7 Å². The number of carboxylic acids is 1. The number of carbonyl (C=O) groups excluding carboxylic acids is 1. The van der Waals surface area contributed by atoms with Gasteiger partial charge in [-0.3, -0.25) is 0 Å². The predicted octanol–water partition coefficient (Wildman–Crippen LogP) is 3.35. The molecular formula is C22H23N3O5. The molecule has 1 aliphatic carbocycles. The monoisotopic (exact) mass is 409 g/mol. The number of methoxy groups -OCH3 is 1. The summed E-state index contributed by atoms with van der Waals surface area (Å²) in [6.45, 7) is 0. The molecule has 1 heterocycles. The van der Waals surface area contributed by atoms with Gasteiger partial charge in [0, 0.05) is 10.9 Å². The summed E-state index contributed by atoms with van der Waals surface area (Å²) < 4.78 is 12.5. The molecule has 0 spiro atoms. The number of carboxylic acid groups (broad SMARTS) is 1. The molecule has 1 aliphatic rings. The van der Waals surface area contributed by atoms with Crippen LogP contribution in [0.4, 0.5) is 0 Å². The lowest BCUT2D eigenvalue weighted by Gasteiger charge is -2.18. The summed E-state index contributed by atoms with van der Waals surface area (Å²) in [5, 5.41) is 14.4. The molecule has 1 fully saturated rings. The summed E-state index contributed by atoms with van der Waals surface area (Å²) >= 11 is 0. The summed E-state index contributed by atoms with van der Waals surface area (Å²) in [5.74, 6) is -1.06. The summed E-state index contributed by atoms with van der Waals surface area (Å²) in [5.41, 5.74) is 8.24. The van der Waals surface area contributed by atoms with Crippen molar-refractivity contribution in [3.63, 3.8) is 0 Å². The van der Waals surface area contributed by atoms with Crippen molar-refractivity contribution in [1.82, 2.24) is 9.78 Å². The van der Waals surface area contributed by atoms with Gasteiger partial charge in [-0.2, -0.15) is 5.10 Å². The lowest BCUT2D eigenvalue weighted by molar-refractivity contribution is 0.0317. The van der Waals surface area contributed by atoms with Gasteiger partial charge >= 0.3 is 11.9 Å². The second kappa shape index (κ2) is 8.16. The van der Waals surface area contributed by atoms with Crippen molar-refractivity contribution in [3.8, 4) is 5.75 Å². The van der Waals surface area contributed by atoms with Crippen molar-refractivity contribution in [3.05, 3.63) is 59.3 Å². The fourth-order valence-electron chi connectivity index (χ4n) is 3.83. The van der Waals surface area contributed by atoms with E-state index in [-0.39, 0.29) is 17.6 Å². The largest absolute Gasteiger partial charge is 0.496 e. The third kappa shape index (κ3) is 3.73. The Bertz CT molecular complexity index is 1100. The maximum Gasteiger partial charge on any atom is 0.338 e. The minimum atomic E-state index is -1.05. The zero-order valence-corrected chi connectivity index (χ0v) is 16.6. The van der Waals surface area contributed by atoms with Crippen LogP contribution in [-0.4, -0.2) is 40.0 Å². The average Bonchev–Trinajstić information content (AvgIpc) is 3.41. The van der Waals surface area contributed by atoms with Crippen molar-refractivity contribution in [2.75, 3.05) is 7.11 Å². The zero-order chi connectivity index (χ0) is 21.3. The first-order valence-corrected chi connectivity index (χ1v) is 9.83. The van der Waals surface area contributed by atoms with Gasteiger partial charge in [0.1, 0.15) is 18.0 Å². The first kappa shape index (κ1) is 19.9. The summed E-state index contributed by atoms with van der Waals surface area (Å²) in [6, 6.07) is 9.75. The smallest absolute Gasteiger partial charge is 0.338 e. The van der Waals surface area contributed by atoms with E-state index in [1.54, 1.807) is 29.1 Å². The normalized spacial score (nSPS) is 15.3. The minimum absolute atomic E-state index is 0.0163. The van der Waals surface area contributed by atoms with E-state index in [2.05, 4.69) is 5.10 Å². The number of benzene rings is 2. The second-order valence-corrected chi connectivity index (χ2v) is 7.38. The topological polar surface area (TPSA) is 117 Å². The third-order valence-electron chi connectivity index (χ3n) is 5.47. The predicted molar refractivity (Wildman–Crippen MR) is 110 cm³/mol. The minimum Gasteiger partial charge on any atom is -0.496 e. The van der Waals surface area contributed by atoms with Crippen LogP contribution in [-0.2, 0) is 4.74 Å². The van der Waals surface area contributed by atoms with Crippen LogP contribution in [0.3, 0.4) is 0 Å². The number of ether oxygens (including phenoxy) is 2. The number of hydrogen-bond donors (Lipinski definition) is 2. The van der Waals surface area contributed by atoms with E-state index in [1.807, 2.05) is 6.07 Å². The molecule has 0 amide bonds. The van der Waals surface area contributed by atoms with Crippen LogP contribution in [0.15, 0.2) is 42.6 Å². The van der Waals surface area contributed by atoms with E-state index in [0.29, 0.717) is 22.4 Å². The van der Waals surface area contributed by atoms with Gasteiger partial charge in [-0.25, -0.2) is 14.3 Å². The highest BCUT2D eigenvalue weighted by atomic mass is 16.5. The van der Waals surface area contributed by atoms with Gasteiger partial charge in [0.05, 0.1) is 30.0 Å². The number of aromatic nitrogens is 2. The third-order valence-corrected chi connectivity index (χ3v) is 5.47. The van der Waals surface area contributed by atoms with Crippen molar-refractivity contribution in [2.24, 2.45) is 5.73 Å². The Morgan fingerprint density at radius 2 is 1.90 bits per heavy atom. The Kier molecular flexibility index (Phi) is 5.41. The van der Waals surface area contributed by atoms with Crippen LogP contribution in [0.1, 0.15) is 58.1 Å². The van der Waals surface area contributed by atoms with Gasteiger partial charge in [-0.05, 0) is 49.9 Å². The summed E-state index contributed by atoms with van der Waals surface area (Å²) in [4.78, 5) is 23.8. The molecule has 1 unspecified atom stereocenters. The van der Waals surface area contributed by atoms with Gasteiger partial charge in [-0.15, -0.1) is 0 Å². The van der Waals surface area contributed by atoms with Gasteiger partial charge in [0.2, 0.25) is 0 Å². The highest BCUT2D eigenvalue weighted by Crippen LogP contribution is 2.29. The van der Waals surface area contributed by atoms with Gasteiger partial charge < -0.3 is 20.3 Å². The average molecular weight is 409 g/mol. The molecule has 1 saturated carbocycles. The Balaban J connectivity index is 1.67. The number of hydrogen-bond acceptors (Lipinski definition) is 6. The Labute approximate surface area is 173 Å². The van der Waals surface area contributed by atoms with E-state index in [4.69, 9.17) is 15.2 Å². The van der Waals surface area contributed by atoms with Crippen molar-refractivity contribution >= 4 is 22.8 Å². The molecule has 1 aromatic heterocycles. The maximum absolute atomic E-state index is 12.6. The molecular weight excluding hydrogens is 386 g/mol. The number of aromatic carboxylic acids is 1. The van der Waals surface area contributed by atoms with Crippen molar-refractivity contribution in [1.29, 1.82) is 0 Å². The SMILES string of the molecule is COc1cc(C(=O)O)ccc1C(N)n1ncc2ccc(C(=O)OC3CCCC3)cc21. The summed E-state index contributed by atoms with van der Waals surface area (Å²) in [6.07, 6.45) is 4.90. The van der Waals surface area contributed by atoms with E-state index < -0.39 is 12.1 Å². The Hall–Kier alpha value is -3.39. The van der Waals surface area contributed by atoms with Gasteiger partial charge in [0.15, 0.2) is 0 Å². The van der Waals surface area contributed by atoms with Crippen LogP contribution in [0.2, 0.25) is 0 Å². The van der Waals surface area contributed by atoms with Crippen LogP contribution < -0.4 is 10.5 Å². The standard InChI is InChI=1S/C22H23N3O5/c1-29-19-11-13(21(26)27)8-9-17(19)20(23)25-18-10-14(6-7-15(18)12-24-25)22(28)30-16-4-2-3-5-16/h6-12,16,20H,2-5,23H2,1H3,(H,26,27). The molecule has 0 aliphatic heterocycles. The number of nitrogens with zero attached hydrogens (tertiary/aromatic N) is 2. The zero-order valence-electron chi connectivity index (χ0n) is 16.6. The fourth-order valence-corrected chi connectivity index (χ4v) is 3.83. The highest BCUT2D eigenvalue weighted by Gasteiger charge is 2.22. The van der Waals surface area contributed by atoms with Crippen LogP contribution in [0, 0.1) is 0 Å². The lowest BCUT2D eigenvalue weighted by atomic mass is 10.1. The Morgan fingerprint density at radius 1 is 1.17 bits per heavy atom. The first-order chi connectivity index (χ1) is 14.5. The quantitative estimate of drug-likeness (QED) is 0.600. The van der Waals surface area contributed by atoms with Crippen molar-refractivity contribution in [2.45, 2.75) is 38.0 Å². The molecule has 30 heavy (non-hydrogen) atoms. The molecule has 0 saturated heterocycles. The van der Waals surface area contributed by atoms with Crippen LogP contribution >= 0.6 is 0 Å². The molecule has 8 heteroatoms. The highest BCUT2D eigenvalue weighted by molar-refractivity contribution is 5.94. The lowest BCUT2D eigenvalue weighted by Crippen LogP contribution is -2.22. The second-order valence-electron chi connectivity index (χ2n) is 7.38. The van der Waals surface area contributed by atoms with Crippen LogP contribution in [0.5, 0.6) is 5.75 Å². The molecule has 0 radical (unpaired) electrons. The van der Waals surface area contributed by atoms with Gasteiger partial charge in [-0.1, -0.05) is 12.1 Å². The number of fused-ring (bicyclic) bond motifs is 1. The number of rotatable bonds is 6. The number of nitrogens with two attached hydrogens (primary N) is 1. The molecule has 2 aromatic carbocycles. The molecule has 1 atom stereocenters. The first-order valence-electron chi connectivity index (χ1n) is 9.83. The van der Waals surface area contributed by atoms with Gasteiger partial charge in [0.25, 0.3) is 0 Å². The number of carbonyl (C=O) groups is 2. The molecule has 3 N–H and O–H groups in total. The molecule has 156 valence electrons. The molecule has 0 bridgehead atoms. The molecule has 3 aromatic rings. The molecule has 4 rings (SSSR count). The van der Waals surface area contributed by atoms with Crippen molar-refractivity contribution < 1.29 is 24.2 Å². The van der Waals surface area contributed by atoms with E-state index >= 15 is 0 Å².